The molecule has 3 rings (SSSR count). The van der Waals surface area contributed by atoms with Crippen LogP contribution in [0.2, 0.25) is 0 Å². The molecule has 11 heteroatoms. The van der Waals surface area contributed by atoms with Crippen molar-refractivity contribution in [3.05, 3.63) is 53.6 Å². The van der Waals surface area contributed by atoms with Gasteiger partial charge in [0.1, 0.15) is 0 Å². The molecule has 1 N–H and O–H groups in total. The lowest BCUT2D eigenvalue weighted by molar-refractivity contribution is -0.119. The number of amides is 1. The molecule has 0 bridgehead atoms. The Morgan fingerprint density at radius 3 is 2.30 bits per heavy atom. The molecule has 30 heavy (non-hydrogen) atoms. The molecule has 0 unspecified atom stereocenters. The lowest BCUT2D eigenvalue weighted by Crippen LogP contribution is -2.30. The van der Waals surface area contributed by atoms with E-state index in [2.05, 4.69) is 9.46 Å². The third-order valence-electron chi connectivity index (χ3n) is 4.60. The van der Waals surface area contributed by atoms with Crippen molar-refractivity contribution in [3.63, 3.8) is 0 Å². The zero-order valence-corrected chi connectivity index (χ0v) is 18.1. The van der Waals surface area contributed by atoms with E-state index in [0.29, 0.717) is 0 Å². The van der Waals surface area contributed by atoms with E-state index in [-0.39, 0.29) is 33.2 Å². The molecular weight excluding hydrogens is 432 g/mol. The van der Waals surface area contributed by atoms with E-state index in [1.54, 1.807) is 0 Å². The van der Waals surface area contributed by atoms with Gasteiger partial charge in [-0.05, 0) is 55.0 Å². The number of benzene rings is 2. The molecule has 160 valence electrons. The number of esters is 1. The number of nitrogens with one attached hydrogen (secondary N) is 1. The molecular formula is C19H20N2O7S2. The van der Waals surface area contributed by atoms with Crippen LogP contribution >= 0.6 is 0 Å². The summed E-state index contributed by atoms with van der Waals surface area (Å²) in [6.45, 7) is 3.04. The largest absolute Gasteiger partial charge is 0.465 e. The van der Waals surface area contributed by atoms with E-state index in [9.17, 15) is 26.4 Å². The highest BCUT2D eigenvalue weighted by atomic mass is 32.2. The fourth-order valence-electron chi connectivity index (χ4n) is 3.15. The van der Waals surface area contributed by atoms with E-state index in [1.807, 2.05) is 0 Å². The van der Waals surface area contributed by atoms with Crippen LogP contribution in [0.25, 0.3) is 0 Å². The number of sulfonamides is 2. The van der Waals surface area contributed by atoms with E-state index in [4.69, 9.17) is 0 Å². The number of carbonyl (C=O) groups is 2. The van der Waals surface area contributed by atoms with Crippen LogP contribution < -0.4 is 9.03 Å². The summed E-state index contributed by atoms with van der Waals surface area (Å²) in [4.78, 5) is 23.6. The number of methoxy groups -OCH3 is 1. The second-order valence-corrected chi connectivity index (χ2v) is 10.4. The summed E-state index contributed by atoms with van der Waals surface area (Å²) in [7, 11) is -6.54. The summed E-state index contributed by atoms with van der Waals surface area (Å²) in [6, 6.07) is 9.57. The van der Waals surface area contributed by atoms with Crippen molar-refractivity contribution in [2.45, 2.75) is 18.7 Å². The van der Waals surface area contributed by atoms with E-state index in [0.717, 1.165) is 4.31 Å². The number of anilines is 2. The molecule has 2 aromatic rings. The van der Waals surface area contributed by atoms with Crippen LogP contribution in [-0.4, -0.2) is 41.6 Å². The average molecular weight is 453 g/mol. The van der Waals surface area contributed by atoms with Gasteiger partial charge in [-0.15, -0.1) is 0 Å². The fourth-order valence-corrected chi connectivity index (χ4v) is 6.25. The summed E-state index contributed by atoms with van der Waals surface area (Å²) in [5, 5.41) is 0. The van der Waals surface area contributed by atoms with Gasteiger partial charge in [0.2, 0.25) is 15.9 Å². The van der Waals surface area contributed by atoms with E-state index >= 15 is 0 Å². The van der Waals surface area contributed by atoms with Crippen LogP contribution in [0.3, 0.4) is 0 Å². The predicted molar refractivity (Wildman–Crippen MR) is 110 cm³/mol. The molecule has 1 aliphatic rings. The molecule has 1 fully saturated rings. The monoisotopic (exact) mass is 452 g/mol. The topological polar surface area (TPSA) is 127 Å². The first kappa shape index (κ1) is 21.8. The molecule has 1 heterocycles. The normalized spacial score (nSPS) is 18.3. The van der Waals surface area contributed by atoms with Crippen molar-refractivity contribution >= 4 is 43.3 Å². The second-order valence-electron chi connectivity index (χ2n) is 6.91. The van der Waals surface area contributed by atoms with Crippen LogP contribution in [0.1, 0.15) is 22.8 Å². The maximum atomic E-state index is 12.8. The Kier molecular flexibility index (Phi) is 5.61. The molecule has 0 aromatic heterocycles. The van der Waals surface area contributed by atoms with Crippen LogP contribution in [0.15, 0.2) is 47.4 Å². The molecule has 9 nitrogen and oxygen atoms in total. The van der Waals surface area contributed by atoms with Gasteiger partial charge >= 0.3 is 5.97 Å². The van der Waals surface area contributed by atoms with Gasteiger partial charge in [0.25, 0.3) is 10.0 Å². The Labute approximate surface area is 174 Å². The second kappa shape index (κ2) is 7.73. The number of nitrogens with zero attached hydrogens (tertiary/aromatic N) is 1. The van der Waals surface area contributed by atoms with Crippen LogP contribution in [-0.2, 0) is 29.6 Å². The van der Waals surface area contributed by atoms with Gasteiger partial charge in [-0.3, -0.25) is 9.52 Å². The average Bonchev–Trinajstić information content (AvgIpc) is 2.87. The van der Waals surface area contributed by atoms with Crippen molar-refractivity contribution in [2.24, 2.45) is 5.92 Å². The summed E-state index contributed by atoms with van der Waals surface area (Å²) in [5.41, 5.74) is 0.876. The Balaban J connectivity index is 1.89. The lowest BCUT2D eigenvalue weighted by atomic mass is 10.2. The number of aryl methyl sites for hydroxylation is 1. The highest BCUT2D eigenvalue weighted by Crippen LogP contribution is 2.31. The van der Waals surface area contributed by atoms with Gasteiger partial charge in [-0.25, -0.2) is 25.9 Å². The van der Waals surface area contributed by atoms with Crippen LogP contribution in [0.4, 0.5) is 11.4 Å². The van der Waals surface area contributed by atoms with Gasteiger partial charge in [-0.1, -0.05) is 6.92 Å². The summed E-state index contributed by atoms with van der Waals surface area (Å²) in [6.07, 6.45) is 0. The maximum absolute atomic E-state index is 12.8. The number of ether oxygens (including phenoxy) is 1. The molecule has 0 spiro atoms. The first-order valence-electron chi connectivity index (χ1n) is 8.85. The SMILES string of the molecule is COC(=O)c1ccc(NS(=O)(=O)c2ccc(N3C(=O)[C@@H](C)CS3(=O)=O)cc2C)cc1. The number of hydrogen-bond acceptors (Lipinski definition) is 7. The minimum absolute atomic E-state index is 0.0691. The maximum Gasteiger partial charge on any atom is 0.337 e. The van der Waals surface area contributed by atoms with Gasteiger partial charge in [0.05, 0.1) is 34.9 Å². The highest BCUT2D eigenvalue weighted by molar-refractivity contribution is 7.94. The first-order valence-corrected chi connectivity index (χ1v) is 11.9. The van der Waals surface area contributed by atoms with Gasteiger partial charge in [-0.2, -0.15) is 0 Å². The van der Waals surface area contributed by atoms with Crippen LogP contribution in [0, 0.1) is 12.8 Å². The smallest absolute Gasteiger partial charge is 0.337 e. The minimum Gasteiger partial charge on any atom is -0.465 e. The third-order valence-corrected chi connectivity index (χ3v) is 8.01. The Hall–Kier alpha value is -2.92. The van der Waals surface area contributed by atoms with Crippen molar-refractivity contribution in [2.75, 3.05) is 21.9 Å². The quantitative estimate of drug-likeness (QED) is 0.686. The van der Waals surface area contributed by atoms with Gasteiger partial charge in [0, 0.05) is 5.69 Å². The van der Waals surface area contributed by atoms with Crippen molar-refractivity contribution in [1.29, 1.82) is 0 Å². The standard InChI is InChI=1S/C19H20N2O7S2/c1-12-10-16(21-18(22)13(2)11-29(21,24)25)8-9-17(12)30(26,27)20-15-6-4-14(5-7-15)19(23)28-3/h4-10,13,20H,11H2,1-3H3/t13-/m0/s1. The number of rotatable bonds is 5. The number of carbonyl (C=O) groups excluding carboxylic acids is 2. The highest BCUT2D eigenvalue weighted by Gasteiger charge is 2.42. The third kappa shape index (κ3) is 4.03. The van der Waals surface area contributed by atoms with Crippen molar-refractivity contribution in [1.82, 2.24) is 0 Å². The van der Waals surface area contributed by atoms with Gasteiger partial charge < -0.3 is 4.74 Å². The molecule has 1 saturated heterocycles. The Morgan fingerprint density at radius 1 is 1.17 bits per heavy atom. The Bertz CT molecular complexity index is 1220. The first-order chi connectivity index (χ1) is 14.0. The van der Waals surface area contributed by atoms with Crippen LogP contribution in [0.5, 0.6) is 0 Å². The fraction of sp³-hybridized carbons (Fsp3) is 0.263. The van der Waals surface area contributed by atoms with E-state index < -0.39 is 37.8 Å². The van der Waals surface area contributed by atoms with Gasteiger partial charge in [0.15, 0.2) is 0 Å². The summed E-state index contributed by atoms with van der Waals surface area (Å²) >= 11 is 0. The molecule has 0 aliphatic carbocycles. The van der Waals surface area contributed by atoms with Crippen molar-refractivity contribution in [3.8, 4) is 0 Å². The van der Waals surface area contributed by atoms with E-state index in [1.165, 1.54) is 63.4 Å². The minimum atomic E-state index is -4.00. The van der Waals surface area contributed by atoms with Crippen molar-refractivity contribution < 1.29 is 31.2 Å². The molecule has 1 amide bonds. The predicted octanol–water partition coefficient (Wildman–Crippen LogP) is 1.89. The molecule has 0 radical (unpaired) electrons. The lowest BCUT2D eigenvalue weighted by Gasteiger charge is -2.17. The number of hydrogen-bond donors (Lipinski definition) is 1. The molecule has 2 aromatic carbocycles. The summed E-state index contributed by atoms with van der Waals surface area (Å²) < 4.78 is 57.8. The zero-order valence-electron chi connectivity index (χ0n) is 16.4. The zero-order chi connectivity index (χ0) is 22.3. The summed E-state index contributed by atoms with van der Waals surface area (Å²) in [5.74, 6) is -2.03. The molecule has 1 atom stereocenters. The Morgan fingerprint density at radius 2 is 1.80 bits per heavy atom. The molecule has 1 aliphatic heterocycles. The molecule has 0 saturated carbocycles.